The van der Waals surface area contributed by atoms with Crippen LogP contribution in [0.2, 0.25) is 0 Å². The summed E-state index contributed by atoms with van der Waals surface area (Å²) in [6.45, 7) is 1.85. The van der Waals surface area contributed by atoms with Crippen molar-refractivity contribution in [3.05, 3.63) is 47.5 Å². The van der Waals surface area contributed by atoms with Gasteiger partial charge in [0.15, 0.2) is 0 Å². The summed E-state index contributed by atoms with van der Waals surface area (Å²) in [6.07, 6.45) is 1.78. The first-order valence-corrected chi connectivity index (χ1v) is 4.17. The molecule has 1 N–H and O–H groups in total. The summed E-state index contributed by atoms with van der Waals surface area (Å²) >= 11 is 0. The zero-order valence-electron chi connectivity index (χ0n) is 7.32. The summed E-state index contributed by atoms with van der Waals surface area (Å²) < 4.78 is 0. The minimum atomic E-state index is -0.790. The van der Waals surface area contributed by atoms with E-state index < -0.39 is 11.4 Å². The number of benzene rings is 1. The Morgan fingerprint density at radius 3 is 2.23 bits per heavy atom. The number of hydrogen-bond acceptors (Lipinski definition) is 1. The molecule has 66 valence electrons. The molecule has 13 heavy (non-hydrogen) atoms. The van der Waals surface area contributed by atoms with Crippen molar-refractivity contribution in [3.63, 3.8) is 0 Å². The number of carboxylic acid groups (broad SMARTS) is 1. The van der Waals surface area contributed by atoms with E-state index in [1.807, 2.05) is 37.3 Å². The average Bonchev–Trinajstić information content (AvgIpc) is 2.80. The van der Waals surface area contributed by atoms with Crippen LogP contribution < -0.4 is 0 Å². The fraction of sp³-hybridized carbons (Fsp3) is 0.182. The maximum atomic E-state index is 11.0. The van der Waals surface area contributed by atoms with Gasteiger partial charge in [0.25, 0.3) is 0 Å². The molecule has 0 aliphatic heterocycles. The van der Waals surface area contributed by atoms with Crippen molar-refractivity contribution in [1.82, 2.24) is 0 Å². The Kier molecular flexibility index (Phi) is 1.52. The van der Waals surface area contributed by atoms with Crippen LogP contribution in [-0.4, -0.2) is 11.1 Å². The van der Waals surface area contributed by atoms with Crippen LogP contribution in [0.15, 0.2) is 42.0 Å². The van der Waals surface area contributed by atoms with Crippen molar-refractivity contribution in [2.75, 3.05) is 0 Å². The van der Waals surface area contributed by atoms with E-state index >= 15 is 0 Å². The molecule has 1 aromatic carbocycles. The van der Waals surface area contributed by atoms with Gasteiger partial charge < -0.3 is 5.11 Å². The van der Waals surface area contributed by atoms with E-state index in [9.17, 15) is 4.79 Å². The van der Waals surface area contributed by atoms with Crippen LogP contribution in [-0.2, 0) is 10.2 Å². The molecule has 1 aliphatic carbocycles. The molecule has 1 atom stereocenters. The zero-order chi connectivity index (χ0) is 9.47. The summed E-state index contributed by atoms with van der Waals surface area (Å²) in [6, 6.07) is 9.30. The standard InChI is InChI=1S/C11H10O2/c1-8-7-11(8,10(12)13)9-5-3-2-4-6-9/h2-7H,1H3,(H,12,13). The van der Waals surface area contributed by atoms with Gasteiger partial charge in [0.2, 0.25) is 0 Å². The average molecular weight is 174 g/mol. The predicted octanol–water partition coefficient (Wildman–Crippen LogP) is 1.97. The normalized spacial score (nSPS) is 25.2. The number of rotatable bonds is 2. The molecule has 1 aliphatic rings. The molecule has 2 heteroatoms. The van der Waals surface area contributed by atoms with E-state index in [0.29, 0.717) is 0 Å². The summed E-state index contributed by atoms with van der Waals surface area (Å²) in [5.41, 5.74) is 0.979. The number of carboxylic acids is 1. The first-order chi connectivity index (χ1) is 6.18. The maximum absolute atomic E-state index is 11.0. The first-order valence-electron chi connectivity index (χ1n) is 4.17. The van der Waals surface area contributed by atoms with Crippen molar-refractivity contribution < 1.29 is 9.90 Å². The predicted molar refractivity (Wildman–Crippen MR) is 49.5 cm³/mol. The van der Waals surface area contributed by atoms with Crippen LogP contribution in [0.1, 0.15) is 12.5 Å². The third-order valence-electron chi connectivity index (χ3n) is 2.54. The molecule has 0 saturated heterocycles. The molecule has 0 radical (unpaired) electrons. The minimum Gasteiger partial charge on any atom is -0.480 e. The van der Waals surface area contributed by atoms with Gasteiger partial charge in [-0.15, -0.1) is 0 Å². The number of hydrogen-bond donors (Lipinski definition) is 1. The lowest BCUT2D eigenvalue weighted by molar-refractivity contribution is -0.139. The lowest BCUT2D eigenvalue weighted by Crippen LogP contribution is -2.23. The Hall–Kier alpha value is -1.57. The van der Waals surface area contributed by atoms with E-state index in [-0.39, 0.29) is 0 Å². The molecule has 0 amide bonds. The molecular formula is C11H10O2. The molecular weight excluding hydrogens is 164 g/mol. The summed E-state index contributed by atoms with van der Waals surface area (Å²) in [4.78, 5) is 11.0. The molecule has 2 nitrogen and oxygen atoms in total. The fourth-order valence-corrected chi connectivity index (χ4v) is 1.65. The van der Waals surface area contributed by atoms with Gasteiger partial charge in [-0.25, -0.2) is 0 Å². The number of aliphatic carboxylic acids is 1. The third-order valence-corrected chi connectivity index (χ3v) is 2.54. The first kappa shape index (κ1) is 8.05. The number of carbonyl (C=O) groups is 1. The van der Waals surface area contributed by atoms with E-state index in [4.69, 9.17) is 5.11 Å². The van der Waals surface area contributed by atoms with Gasteiger partial charge in [0.1, 0.15) is 5.41 Å². The monoisotopic (exact) mass is 174 g/mol. The molecule has 0 spiro atoms. The largest absolute Gasteiger partial charge is 0.480 e. The molecule has 0 fully saturated rings. The van der Waals surface area contributed by atoms with Crippen LogP contribution in [0.5, 0.6) is 0 Å². The molecule has 1 unspecified atom stereocenters. The molecule has 0 saturated carbocycles. The van der Waals surface area contributed by atoms with Crippen LogP contribution >= 0.6 is 0 Å². The van der Waals surface area contributed by atoms with Gasteiger partial charge in [-0.3, -0.25) is 4.79 Å². The lowest BCUT2D eigenvalue weighted by Gasteiger charge is -2.11. The van der Waals surface area contributed by atoms with Crippen molar-refractivity contribution >= 4 is 5.97 Å². The second-order valence-electron chi connectivity index (χ2n) is 3.31. The van der Waals surface area contributed by atoms with Crippen LogP contribution in [0, 0.1) is 0 Å². The summed E-state index contributed by atoms with van der Waals surface area (Å²) in [5.74, 6) is -0.781. The summed E-state index contributed by atoms with van der Waals surface area (Å²) in [7, 11) is 0. The third kappa shape index (κ3) is 0.985. The topological polar surface area (TPSA) is 37.3 Å². The van der Waals surface area contributed by atoms with Crippen LogP contribution in [0.25, 0.3) is 0 Å². The second-order valence-corrected chi connectivity index (χ2v) is 3.31. The molecule has 0 aromatic heterocycles. The van der Waals surface area contributed by atoms with Crippen LogP contribution in [0.3, 0.4) is 0 Å². The van der Waals surface area contributed by atoms with Gasteiger partial charge in [-0.1, -0.05) is 42.0 Å². The van der Waals surface area contributed by atoms with Gasteiger partial charge in [-0.05, 0) is 12.5 Å². The van der Waals surface area contributed by atoms with Gasteiger partial charge >= 0.3 is 5.97 Å². The Balaban J connectivity index is 2.42. The van der Waals surface area contributed by atoms with E-state index in [0.717, 1.165) is 11.1 Å². The SMILES string of the molecule is CC1=CC1(C(=O)O)c1ccccc1. The zero-order valence-corrected chi connectivity index (χ0v) is 7.32. The highest BCUT2D eigenvalue weighted by molar-refractivity contribution is 5.94. The van der Waals surface area contributed by atoms with Gasteiger partial charge in [-0.2, -0.15) is 0 Å². The van der Waals surface area contributed by atoms with Crippen molar-refractivity contribution in [2.24, 2.45) is 0 Å². The highest BCUT2D eigenvalue weighted by atomic mass is 16.4. The molecule has 0 bridgehead atoms. The second kappa shape index (κ2) is 2.46. The highest BCUT2D eigenvalue weighted by Gasteiger charge is 2.49. The maximum Gasteiger partial charge on any atom is 0.322 e. The summed E-state index contributed by atoms with van der Waals surface area (Å²) in [5, 5.41) is 9.08. The Morgan fingerprint density at radius 1 is 1.31 bits per heavy atom. The van der Waals surface area contributed by atoms with E-state index in [1.165, 1.54) is 0 Å². The minimum absolute atomic E-state index is 0.781. The van der Waals surface area contributed by atoms with Crippen molar-refractivity contribution in [1.29, 1.82) is 0 Å². The van der Waals surface area contributed by atoms with Crippen LogP contribution in [0.4, 0.5) is 0 Å². The smallest absolute Gasteiger partial charge is 0.322 e. The highest BCUT2D eigenvalue weighted by Crippen LogP contribution is 2.46. The molecule has 2 rings (SSSR count). The van der Waals surface area contributed by atoms with Crippen molar-refractivity contribution in [3.8, 4) is 0 Å². The Morgan fingerprint density at radius 2 is 1.85 bits per heavy atom. The quantitative estimate of drug-likeness (QED) is 0.696. The lowest BCUT2D eigenvalue weighted by atomic mass is 9.91. The van der Waals surface area contributed by atoms with Gasteiger partial charge in [0, 0.05) is 0 Å². The van der Waals surface area contributed by atoms with Crippen molar-refractivity contribution in [2.45, 2.75) is 12.3 Å². The molecule has 1 aromatic rings. The fourth-order valence-electron chi connectivity index (χ4n) is 1.65. The molecule has 0 heterocycles. The van der Waals surface area contributed by atoms with E-state index in [1.54, 1.807) is 6.08 Å². The Labute approximate surface area is 76.5 Å². The Bertz CT molecular complexity index is 378. The van der Waals surface area contributed by atoms with Gasteiger partial charge in [0.05, 0.1) is 0 Å². The van der Waals surface area contributed by atoms with E-state index in [2.05, 4.69) is 0 Å².